The first-order chi connectivity index (χ1) is 14.6. The smallest absolute Gasteiger partial charge is 0.158 e. The van der Waals surface area contributed by atoms with Gasteiger partial charge >= 0.3 is 0 Å². The highest BCUT2D eigenvalue weighted by Gasteiger charge is 2.14. The molecule has 30 heavy (non-hydrogen) atoms. The van der Waals surface area contributed by atoms with E-state index in [1.54, 1.807) is 24.7 Å². The highest BCUT2D eigenvalue weighted by atomic mass is 32.2. The molecule has 0 aliphatic carbocycles. The zero-order valence-corrected chi connectivity index (χ0v) is 17.1. The molecule has 2 N–H and O–H groups in total. The Balaban J connectivity index is 1.57. The van der Waals surface area contributed by atoms with Gasteiger partial charge in [-0.1, -0.05) is 6.07 Å². The SMILES string of the molecule is O=S(O)Cc1ccc(-n2cnc3ccc(-c4cn[nH]c4-c4ccc(F)cc4)cc32)s1. The summed E-state index contributed by atoms with van der Waals surface area (Å²) in [5.74, 6) is -0.177. The Morgan fingerprint density at radius 1 is 1.10 bits per heavy atom. The van der Waals surface area contributed by atoms with Crippen molar-refractivity contribution < 1.29 is 13.2 Å². The molecule has 5 aromatic rings. The van der Waals surface area contributed by atoms with E-state index in [4.69, 9.17) is 4.55 Å². The number of rotatable bonds is 5. The molecule has 0 amide bonds. The van der Waals surface area contributed by atoms with Gasteiger partial charge in [-0.2, -0.15) is 5.10 Å². The second-order valence-electron chi connectivity index (χ2n) is 6.69. The molecule has 6 nitrogen and oxygen atoms in total. The number of halogens is 1. The van der Waals surface area contributed by atoms with Gasteiger partial charge in [0.25, 0.3) is 0 Å². The van der Waals surface area contributed by atoms with Gasteiger partial charge in [-0.15, -0.1) is 11.3 Å². The topological polar surface area (TPSA) is 83.8 Å². The second-order valence-corrected chi connectivity index (χ2v) is 8.77. The molecule has 0 aliphatic heterocycles. The Morgan fingerprint density at radius 3 is 2.70 bits per heavy atom. The molecule has 0 radical (unpaired) electrons. The van der Waals surface area contributed by atoms with E-state index in [0.29, 0.717) is 0 Å². The molecule has 150 valence electrons. The van der Waals surface area contributed by atoms with E-state index in [9.17, 15) is 8.60 Å². The van der Waals surface area contributed by atoms with Gasteiger partial charge in [-0.05, 0) is 54.1 Å². The quantitative estimate of drug-likeness (QED) is 0.378. The summed E-state index contributed by atoms with van der Waals surface area (Å²) in [6.45, 7) is 0. The largest absolute Gasteiger partial charge is 0.306 e. The molecule has 9 heteroatoms. The highest BCUT2D eigenvalue weighted by molar-refractivity contribution is 7.78. The molecule has 0 fully saturated rings. The summed E-state index contributed by atoms with van der Waals surface area (Å²) in [6.07, 6.45) is 3.50. The van der Waals surface area contributed by atoms with Crippen LogP contribution >= 0.6 is 11.3 Å². The fourth-order valence-electron chi connectivity index (χ4n) is 3.39. The predicted molar refractivity (Wildman–Crippen MR) is 116 cm³/mol. The molecule has 3 heterocycles. The summed E-state index contributed by atoms with van der Waals surface area (Å²) < 4.78 is 35.5. The van der Waals surface area contributed by atoms with Gasteiger partial charge in [0.1, 0.15) is 17.1 Å². The predicted octanol–water partition coefficient (Wildman–Crippen LogP) is 5.00. The summed E-state index contributed by atoms with van der Waals surface area (Å²) >= 11 is -0.418. The summed E-state index contributed by atoms with van der Waals surface area (Å²) in [7, 11) is 0. The normalized spacial score (nSPS) is 12.5. The van der Waals surface area contributed by atoms with E-state index >= 15 is 0 Å². The van der Waals surface area contributed by atoms with Crippen molar-refractivity contribution in [1.82, 2.24) is 19.7 Å². The van der Waals surface area contributed by atoms with Crippen molar-refractivity contribution in [3.63, 3.8) is 0 Å². The number of fused-ring (bicyclic) bond motifs is 1. The van der Waals surface area contributed by atoms with Crippen molar-refractivity contribution in [3.05, 3.63) is 77.8 Å². The molecule has 5 rings (SSSR count). The average molecular weight is 439 g/mol. The third kappa shape index (κ3) is 3.47. The van der Waals surface area contributed by atoms with Crippen molar-refractivity contribution >= 4 is 33.5 Å². The third-order valence-corrected chi connectivity index (χ3v) is 6.61. The zero-order valence-electron chi connectivity index (χ0n) is 15.4. The Labute approximate surface area is 177 Å². The van der Waals surface area contributed by atoms with Crippen LogP contribution in [0.4, 0.5) is 4.39 Å². The number of benzene rings is 2. The number of imidazole rings is 1. The molecule has 3 aromatic heterocycles. The maximum absolute atomic E-state index is 13.3. The van der Waals surface area contributed by atoms with Crippen molar-refractivity contribution in [3.8, 4) is 27.4 Å². The number of thiophene rings is 1. The Kier molecular flexibility index (Phi) is 4.78. The number of nitrogens with one attached hydrogen (secondary N) is 1. The Bertz CT molecular complexity index is 1370. The fraction of sp³-hybridized carbons (Fsp3) is 0.0476. The van der Waals surface area contributed by atoms with Gasteiger partial charge in [0.2, 0.25) is 0 Å². The molecule has 0 bridgehead atoms. The maximum Gasteiger partial charge on any atom is 0.158 e. The highest BCUT2D eigenvalue weighted by Crippen LogP contribution is 2.33. The van der Waals surface area contributed by atoms with E-state index in [1.807, 2.05) is 34.9 Å². The standard InChI is InChI=1S/C21H15FN4O2S2/c22-15-4-1-13(2-5-15)21-17(10-24-25-21)14-3-7-18-19(9-14)26(12-23-18)20-8-6-16(29-20)11-30(27)28/h1-10,12H,11H2,(H,24,25)(H,27,28). The lowest BCUT2D eigenvalue weighted by Gasteiger charge is -2.06. The molecule has 2 aromatic carbocycles. The minimum Gasteiger partial charge on any atom is -0.306 e. The van der Waals surface area contributed by atoms with Crippen LogP contribution in [0.25, 0.3) is 38.4 Å². The number of H-pyrrole nitrogens is 1. The average Bonchev–Trinajstić information content (AvgIpc) is 3.46. The minimum atomic E-state index is -1.87. The van der Waals surface area contributed by atoms with Crippen LogP contribution in [0.15, 0.2) is 67.1 Å². The zero-order chi connectivity index (χ0) is 20.7. The van der Waals surface area contributed by atoms with Gasteiger partial charge in [-0.3, -0.25) is 9.67 Å². The van der Waals surface area contributed by atoms with Crippen LogP contribution in [0.2, 0.25) is 0 Å². The molecule has 0 spiro atoms. The van der Waals surface area contributed by atoms with E-state index in [1.165, 1.54) is 23.5 Å². The summed E-state index contributed by atoms with van der Waals surface area (Å²) in [4.78, 5) is 5.30. The lowest BCUT2D eigenvalue weighted by Crippen LogP contribution is -1.90. The molecule has 0 aliphatic rings. The molecule has 1 unspecified atom stereocenters. The van der Waals surface area contributed by atoms with Gasteiger partial charge in [0.15, 0.2) is 11.1 Å². The number of hydrogen-bond donors (Lipinski definition) is 2. The van der Waals surface area contributed by atoms with Crippen LogP contribution in [0, 0.1) is 5.82 Å². The fourth-order valence-corrected chi connectivity index (χ4v) is 5.05. The number of aromatic amines is 1. The van der Waals surface area contributed by atoms with Crippen molar-refractivity contribution in [1.29, 1.82) is 0 Å². The first-order valence-corrected chi connectivity index (χ1v) is 11.1. The number of nitrogens with zero attached hydrogens (tertiary/aromatic N) is 3. The van der Waals surface area contributed by atoms with E-state index in [0.717, 1.165) is 43.3 Å². The van der Waals surface area contributed by atoms with Crippen LogP contribution in [0.3, 0.4) is 0 Å². The van der Waals surface area contributed by atoms with Crippen LogP contribution in [0.5, 0.6) is 0 Å². The number of hydrogen-bond acceptors (Lipinski definition) is 4. The molecule has 0 saturated carbocycles. The van der Waals surface area contributed by atoms with Crippen LogP contribution in [0.1, 0.15) is 4.88 Å². The maximum atomic E-state index is 13.3. The van der Waals surface area contributed by atoms with E-state index < -0.39 is 11.1 Å². The van der Waals surface area contributed by atoms with Crippen LogP contribution < -0.4 is 0 Å². The number of aromatic nitrogens is 4. The second kappa shape index (κ2) is 7.60. The molecule has 1 atom stereocenters. The lowest BCUT2D eigenvalue weighted by molar-refractivity contribution is 0.564. The van der Waals surface area contributed by atoms with Crippen LogP contribution in [-0.4, -0.2) is 28.5 Å². The summed E-state index contributed by atoms with van der Waals surface area (Å²) in [5, 5.41) is 8.11. The Hall–Kier alpha value is -3.14. The third-order valence-electron chi connectivity index (χ3n) is 4.78. The van der Waals surface area contributed by atoms with Gasteiger partial charge < -0.3 is 4.55 Å². The van der Waals surface area contributed by atoms with Crippen molar-refractivity contribution in [2.45, 2.75) is 5.75 Å². The summed E-state index contributed by atoms with van der Waals surface area (Å²) in [5.41, 5.74) is 5.26. The van der Waals surface area contributed by atoms with E-state index in [2.05, 4.69) is 15.2 Å². The van der Waals surface area contributed by atoms with E-state index in [-0.39, 0.29) is 11.6 Å². The first kappa shape index (κ1) is 18.9. The van der Waals surface area contributed by atoms with Crippen molar-refractivity contribution in [2.24, 2.45) is 0 Å². The minimum absolute atomic E-state index is 0.110. The molecular formula is C21H15FN4O2S2. The van der Waals surface area contributed by atoms with Crippen LogP contribution in [-0.2, 0) is 16.8 Å². The van der Waals surface area contributed by atoms with Gasteiger partial charge in [-0.25, -0.2) is 13.6 Å². The summed E-state index contributed by atoms with van der Waals surface area (Å²) in [6, 6.07) is 16.0. The lowest BCUT2D eigenvalue weighted by atomic mass is 10.0. The monoisotopic (exact) mass is 438 g/mol. The first-order valence-electron chi connectivity index (χ1n) is 9.02. The van der Waals surface area contributed by atoms with Crippen molar-refractivity contribution in [2.75, 3.05) is 0 Å². The Morgan fingerprint density at radius 2 is 1.90 bits per heavy atom. The molecular weight excluding hydrogens is 423 g/mol. The molecule has 0 saturated heterocycles. The van der Waals surface area contributed by atoms with Gasteiger partial charge in [0, 0.05) is 16.0 Å². The van der Waals surface area contributed by atoms with Gasteiger partial charge in [0.05, 0.1) is 28.7 Å².